The first kappa shape index (κ1) is 24.8. The number of methoxy groups -OCH3 is 3. The van der Waals surface area contributed by atoms with Gasteiger partial charge in [-0.2, -0.15) is 0 Å². The molecular formula is C28H29N3O5. The molecule has 0 saturated heterocycles. The number of carbonyl (C=O) groups is 1. The van der Waals surface area contributed by atoms with E-state index in [2.05, 4.69) is 4.98 Å². The molecule has 4 rings (SSSR count). The van der Waals surface area contributed by atoms with Crippen molar-refractivity contribution in [3.8, 4) is 17.2 Å². The third kappa shape index (κ3) is 5.49. The van der Waals surface area contributed by atoms with Crippen LogP contribution in [0, 0.1) is 0 Å². The molecule has 3 aromatic carbocycles. The SMILES string of the molecule is COc1ccc(N(Cc2ccccc2)C(=O)CCCn2cnc3cc(OC)c(OC)cc3c2=O)cc1. The summed E-state index contributed by atoms with van der Waals surface area (Å²) in [6.45, 7) is 0.814. The van der Waals surface area contributed by atoms with E-state index in [4.69, 9.17) is 14.2 Å². The lowest BCUT2D eigenvalue weighted by atomic mass is 10.1. The Bertz CT molecular complexity index is 1380. The number of aryl methyl sites for hydroxylation is 1. The van der Waals surface area contributed by atoms with Gasteiger partial charge in [-0.3, -0.25) is 14.2 Å². The molecule has 8 heteroatoms. The molecule has 0 unspecified atom stereocenters. The number of rotatable bonds is 10. The second-order valence-electron chi connectivity index (χ2n) is 8.23. The molecule has 186 valence electrons. The summed E-state index contributed by atoms with van der Waals surface area (Å²) < 4.78 is 17.4. The van der Waals surface area contributed by atoms with Gasteiger partial charge in [0.2, 0.25) is 5.91 Å². The lowest BCUT2D eigenvalue weighted by Gasteiger charge is -2.23. The Labute approximate surface area is 209 Å². The standard InChI is InChI=1S/C28H29N3O5/c1-34-22-13-11-21(12-14-22)31(18-20-8-5-4-6-9-20)27(32)10-7-15-30-19-29-24-17-26(36-3)25(35-2)16-23(24)28(30)33/h4-6,8-9,11-14,16-17,19H,7,10,15,18H2,1-3H3. The molecule has 0 saturated carbocycles. The second kappa shape index (κ2) is 11.4. The zero-order chi connectivity index (χ0) is 25.5. The molecule has 1 heterocycles. The fourth-order valence-corrected chi connectivity index (χ4v) is 4.03. The van der Waals surface area contributed by atoms with Crippen LogP contribution in [0.2, 0.25) is 0 Å². The lowest BCUT2D eigenvalue weighted by molar-refractivity contribution is -0.118. The molecule has 0 radical (unpaired) electrons. The van der Waals surface area contributed by atoms with E-state index in [0.29, 0.717) is 41.9 Å². The van der Waals surface area contributed by atoms with Gasteiger partial charge < -0.3 is 19.1 Å². The number of nitrogens with zero attached hydrogens (tertiary/aromatic N) is 3. The topological polar surface area (TPSA) is 82.9 Å². The van der Waals surface area contributed by atoms with Gasteiger partial charge in [0, 0.05) is 24.7 Å². The fourth-order valence-electron chi connectivity index (χ4n) is 4.03. The Kier molecular flexibility index (Phi) is 7.85. The fraction of sp³-hybridized carbons (Fsp3) is 0.250. The molecule has 0 fully saturated rings. The number of fused-ring (bicyclic) bond motifs is 1. The number of carbonyl (C=O) groups excluding carboxylic acids is 1. The Morgan fingerprint density at radius 3 is 2.28 bits per heavy atom. The van der Waals surface area contributed by atoms with Crippen molar-refractivity contribution >= 4 is 22.5 Å². The maximum absolute atomic E-state index is 13.3. The molecule has 0 aliphatic heterocycles. The summed E-state index contributed by atoms with van der Waals surface area (Å²) >= 11 is 0. The minimum absolute atomic E-state index is 0.0303. The third-order valence-electron chi connectivity index (χ3n) is 5.99. The predicted octanol–water partition coefficient (Wildman–Crippen LogP) is 4.44. The Balaban J connectivity index is 1.50. The lowest BCUT2D eigenvalue weighted by Crippen LogP contribution is -2.30. The first-order valence-electron chi connectivity index (χ1n) is 11.6. The van der Waals surface area contributed by atoms with Crippen LogP contribution in [-0.4, -0.2) is 36.8 Å². The van der Waals surface area contributed by atoms with E-state index < -0.39 is 0 Å². The van der Waals surface area contributed by atoms with E-state index in [0.717, 1.165) is 17.0 Å². The highest BCUT2D eigenvalue weighted by Gasteiger charge is 2.17. The number of aromatic nitrogens is 2. The number of amides is 1. The normalized spacial score (nSPS) is 10.8. The molecule has 0 atom stereocenters. The van der Waals surface area contributed by atoms with Crippen molar-refractivity contribution in [2.75, 3.05) is 26.2 Å². The largest absolute Gasteiger partial charge is 0.497 e. The molecule has 1 amide bonds. The van der Waals surface area contributed by atoms with Gasteiger partial charge in [-0.1, -0.05) is 30.3 Å². The van der Waals surface area contributed by atoms with Crippen molar-refractivity contribution in [3.63, 3.8) is 0 Å². The second-order valence-corrected chi connectivity index (χ2v) is 8.23. The van der Waals surface area contributed by atoms with Gasteiger partial charge in [0.1, 0.15) is 5.75 Å². The van der Waals surface area contributed by atoms with Crippen LogP contribution in [0.4, 0.5) is 5.69 Å². The van der Waals surface area contributed by atoms with E-state index in [1.807, 2.05) is 54.6 Å². The minimum Gasteiger partial charge on any atom is -0.497 e. The molecule has 36 heavy (non-hydrogen) atoms. The Morgan fingerprint density at radius 2 is 1.61 bits per heavy atom. The summed E-state index contributed by atoms with van der Waals surface area (Å²) in [5, 5.41) is 0.436. The Hall–Kier alpha value is -4.33. The zero-order valence-corrected chi connectivity index (χ0v) is 20.6. The highest BCUT2D eigenvalue weighted by Crippen LogP contribution is 2.30. The van der Waals surface area contributed by atoms with Crippen LogP contribution in [0.25, 0.3) is 10.9 Å². The van der Waals surface area contributed by atoms with Crippen molar-refractivity contribution in [3.05, 3.63) is 89.0 Å². The molecular weight excluding hydrogens is 458 g/mol. The predicted molar refractivity (Wildman–Crippen MR) is 139 cm³/mol. The van der Waals surface area contributed by atoms with E-state index in [1.54, 1.807) is 24.1 Å². The average molecular weight is 488 g/mol. The van der Waals surface area contributed by atoms with Crippen molar-refractivity contribution < 1.29 is 19.0 Å². The number of ether oxygens (including phenoxy) is 3. The van der Waals surface area contributed by atoms with Crippen molar-refractivity contribution in [2.24, 2.45) is 0 Å². The number of hydrogen-bond acceptors (Lipinski definition) is 6. The van der Waals surface area contributed by atoms with Gasteiger partial charge in [-0.25, -0.2) is 4.98 Å². The molecule has 8 nitrogen and oxygen atoms in total. The maximum Gasteiger partial charge on any atom is 0.261 e. The van der Waals surface area contributed by atoms with E-state index in [1.165, 1.54) is 25.1 Å². The molecule has 1 aromatic heterocycles. The van der Waals surface area contributed by atoms with E-state index >= 15 is 0 Å². The summed E-state index contributed by atoms with van der Waals surface area (Å²) in [6.07, 6.45) is 2.27. The average Bonchev–Trinajstić information content (AvgIpc) is 2.93. The smallest absolute Gasteiger partial charge is 0.261 e. The minimum atomic E-state index is -0.190. The molecule has 0 aliphatic rings. The van der Waals surface area contributed by atoms with Gasteiger partial charge in [0.05, 0.1) is 45.1 Å². The molecule has 4 aromatic rings. The van der Waals surface area contributed by atoms with Crippen molar-refractivity contribution in [1.82, 2.24) is 9.55 Å². The first-order chi connectivity index (χ1) is 17.5. The van der Waals surface area contributed by atoms with Crippen LogP contribution in [0.3, 0.4) is 0 Å². The number of benzene rings is 3. The van der Waals surface area contributed by atoms with Gasteiger partial charge in [-0.05, 0) is 42.3 Å². The van der Waals surface area contributed by atoms with Gasteiger partial charge >= 0.3 is 0 Å². The molecule has 0 N–H and O–H groups in total. The van der Waals surface area contributed by atoms with Crippen molar-refractivity contribution in [2.45, 2.75) is 25.9 Å². The number of hydrogen-bond donors (Lipinski definition) is 0. The zero-order valence-electron chi connectivity index (χ0n) is 20.6. The van der Waals surface area contributed by atoms with Gasteiger partial charge in [0.15, 0.2) is 11.5 Å². The van der Waals surface area contributed by atoms with Crippen molar-refractivity contribution in [1.29, 1.82) is 0 Å². The summed E-state index contributed by atoms with van der Waals surface area (Å²) in [5.74, 6) is 1.67. The molecule has 0 spiro atoms. The maximum atomic E-state index is 13.3. The quantitative estimate of drug-likeness (QED) is 0.329. The Morgan fingerprint density at radius 1 is 0.917 bits per heavy atom. The van der Waals surface area contributed by atoms with Gasteiger partial charge in [-0.15, -0.1) is 0 Å². The van der Waals surface area contributed by atoms with E-state index in [-0.39, 0.29) is 17.9 Å². The third-order valence-corrected chi connectivity index (χ3v) is 5.99. The molecule has 0 aliphatic carbocycles. The van der Waals surface area contributed by atoms with E-state index in [9.17, 15) is 9.59 Å². The summed E-state index contributed by atoms with van der Waals surface area (Å²) in [6, 6.07) is 20.6. The van der Waals surface area contributed by atoms with Crippen LogP contribution in [0.1, 0.15) is 18.4 Å². The first-order valence-corrected chi connectivity index (χ1v) is 11.6. The monoisotopic (exact) mass is 487 g/mol. The summed E-state index contributed by atoms with van der Waals surface area (Å²) in [5.41, 5.74) is 2.15. The van der Waals surface area contributed by atoms with Crippen LogP contribution in [-0.2, 0) is 17.9 Å². The highest BCUT2D eigenvalue weighted by molar-refractivity contribution is 5.93. The molecule has 0 bridgehead atoms. The van der Waals surface area contributed by atoms with Gasteiger partial charge in [0.25, 0.3) is 5.56 Å². The summed E-state index contributed by atoms with van der Waals surface area (Å²) in [4.78, 5) is 32.5. The number of anilines is 1. The van der Waals surface area contributed by atoms with Crippen LogP contribution in [0.15, 0.2) is 77.9 Å². The van der Waals surface area contributed by atoms with Crippen LogP contribution in [0.5, 0.6) is 17.2 Å². The van der Waals surface area contributed by atoms with Crippen LogP contribution < -0.4 is 24.7 Å². The van der Waals surface area contributed by atoms with Crippen LogP contribution >= 0.6 is 0 Å². The highest BCUT2D eigenvalue weighted by atomic mass is 16.5. The summed E-state index contributed by atoms with van der Waals surface area (Å²) in [7, 11) is 4.67.